The van der Waals surface area contributed by atoms with E-state index < -0.39 is 5.97 Å². The number of rotatable bonds is 4. The first-order valence-corrected chi connectivity index (χ1v) is 6.58. The summed E-state index contributed by atoms with van der Waals surface area (Å²) in [5.41, 5.74) is 0. The number of carbonyl (C=O) groups is 1. The van der Waals surface area contributed by atoms with Gasteiger partial charge >= 0.3 is 5.97 Å². The van der Waals surface area contributed by atoms with E-state index in [1.807, 2.05) is 6.07 Å². The molecule has 5 heteroatoms. The minimum absolute atomic E-state index is 0.417. The summed E-state index contributed by atoms with van der Waals surface area (Å²) in [5, 5.41) is 8.86. The van der Waals surface area contributed by atoms with Gasteiger partial charge in [0.25, 0.3) is 0 Å². The normalized spacial score (nSPS) is 17.5. The van der Waals surface area contributed by atoms with Gasteiger partial charge in [-0.25, -0.2) is 4.79 Å². The van der Waals surface area contributed by atoms with Gasteiger partial charge in [-0.05, 0) is 32.0 Å². The Labute approximate surface area is 105 Å². The van der Waals surface area contributed by atoms with Crippen molar-refractivity contribution < 1.29 is 14.6 Å². The lowest BCUT2D eigenvalue weighted by atomic mass is 10.1. The van der Waals surface area contributed by atoms with Gasteiger partial charge < -0.3 is 9.84 Å². The van der Waals surface area contributed by atoms with Crippen LogP contribution in [0.3, 0.4) is 0 Å². The van der Waals surface area contributed by atoms with Gasteiger partial charge in [0, 0.05) is 30.7 Å². The van der Waals surface area contributed by atoms with E-state index in [9.17, 15) is 4.79 Å². The van der Waals surface area contributed by atoms with Crippen molar-refractivity contribution in [1.82, 2.24) is 4.90 Å². The molecule has 0 aliphatic carbocycles. The maximum Gasteiger partial charge on any atom is 0.345 e. The highest BCUT2D eigenvalue weighted by Crippen LogP contribution is 2.21. The summed E-state index contributed by atoms with van der Waals surface area (Å²) in [6.07, 6.45) is 2.13. The highest BCUT2D eigenvalue weighted by molar-refractivity contribution is 7.13. The van der Waals surface area contributed by atoms with Crippen LogP contribution in [0.5, 0.6) is 0 Å². The number of carboxylic acid groups (broad SMARTS) is 1. The quantitative estimate of drug-likeness (QED) is 0.894. The fourth-order valence-electron chi connectivity index (χ4n) is 2.08. The standard InChI is InChI=1S/C12H17NO3S/c1-13(9-4-6-16-7-5-9)8-10-2-3-11(17-10)12(14)15/h2-3,9H,4-8H2,1H3,(H,14,15). The molecule has 0 aromatic carbocycles. The number of thiophene rings is 1. The summed E-state index contributed by atoms with van der Waals surface area (Å²) >= 11 is 1.36. The fraction of sp³-hybridized carbons (Fsp3) is 0.583. The molecular weight excluding hydrogens is 238 g/mol. The molecule has 0 atom stereocenters. The third-order valence-corrected chi connectivity index (χ3v) is 4.15. The Kier molecular flexibility index (Phi) is 4.15. The molecular formula is C12H17NO3S. The van der Waals surface area contributed by atoms with Crippen molar-refractivity contribution in [2.24, 2.45) is 0 Å². The molecule has 1 aliphatic rings. The second-order valence-corrected chi connectivity index (χ2v) is 5.50. The zero-order valence-corrected chi connectivity index (χ0v) is 10.7. The van der Waals surface area contributed by atoms with E-state index in [0.717, 1.165) is 37.5 Å². The predicted molar refractivity (Wildman–Crippen MR) is 66.6 cm³/mol. The Morgan fingerprint density at radius 1 is 1.53 bits per heavy atom. The molecule has 1 N–H and O–H groups in total. The number of hydrogen-bond donors (Lipinski definition) is 1. The average Bonchev–Trinajstić information content (AvgIpc) is 2.79. The van der Waals surface area contributed by atoms with E-state index in [0.29, 0.717) is 10.9 Å². The van der Waals surface area contributed by atoms with Gasteiger partial charge in [0.2, 0.25) is 0 Å². The molecule has 1 aromatic rings. The Bertz CT molecular complexity index is 385. The minimum atomic E-state index is -0.838. The van der Waals surface area contributed by atoms with Crippen LogP contribution in [0.4, 0.5) is 0 Å². The highest BCUT2D eigenvalue weighted by atomic mass is 32.1. The van der Waals surface area contributed by atoms with Gasteiger partial charge in [-0.3, -0.25) is 4.90 Å². The number of ether oxygens (including phenoxy) is 1. The average molecular weight is 255 g/mol. The maximum absolute atomic E-state index is 10.8. The Morgan fingerprint density at radius 2 is 2.24 bits per heavy atom. The van der Waals surface area contributed by atoms with E-state index in [1.54, 1.807) is 6.07 Å². The first-order valence-electron chi connectivity index (χ1n) is 5.77. The molecule has 0 spiro atoms. The molecule has 94 valence electrons. The second-order valence-electron chi connectivity index (χ2n) is 4.33. The molecule has 4 nitrogen and oxygen atoms in total. The third kappa shape index (κ3) is 3.28. The first-order chi connectivity index (χ1) is 8.16. The fourth-order valence-corrected chi connectivity index (χ4v) is 2.99. The van der Waals surface area contributed by atoms with E-state index in [-0.39, 0.29) is 0 Å². The molecule has 2 heterocycles. The van der Waals surface area contributed by atoms with Crippen LogP contribution in [0.1, 0.15) is 27.4 Å². The van der Waals surface area contributed by atoms with E-state index in [4.69, 9.17) is 9.84 Å². The molecule has 1 aliphatic heterocycles. The minimum Gasteiger partial charge on any atom is -0.477 e. The van der Waals surface area contributed by atoms with Crippen molar-refractivity contribution in [2.45, 2.75) is 25.4 Å². The summed E-state index contributed by atoms with van der Waals surface area (Å²) in [5.74, 6) is -0.838. The lowest BCUT2D eigenvalue weighted by Gasteiger charge is -2.30. The van der Waals surface area contributed by atoms with E-state index in [2.05, 4.69) is 11.9 Å². The molecule has 0 radical (unpaired) electrons. The van der Waals surface area contributed by atoms with Crippen LogP contribution in [0.25, 0.3) is 0 Å². The Balaban J connectivity index is 1.92. The van der Waals surface area contributed by atoms with Crippen molar-refractivity contribution in [3.05, 3.63) is 21.9 Å². The lowest BCUT2D eigenvalue weighted by Crippen LogP contribution is -2.35. The molecule has 1 saturated heterocycles. The van der Waals surface area contributed by atoms with Gasteiger partial charge in [-0.1, -0.05) is 0 Å². The van der Waals surface area contributed by atoms with Gasteiger partial charge in [0.05, 0.1) is 0 Å². The summed E-state index contributed by atoms with van der Waals surface area (Å²) in [4.78, 5) is 14.6. The Morgan fingerprint density at radius 3 is 2.82 bits per heavy atom. The molecule has 1 fully saturated rings. The van der Waals surface area contributed by atoms with Gasteiger partial charge in [0.15, 0.2) is 0 Å². The Hall–Kier alpha value is -0.910. The number of hydrogen-bond acceptors (Lipinski definition) is 4. The lowest BCUT2D eigenvalue weighted by molar-refractivity contribution is 0.0410. The van der Waals surface area contributed by atoms with E-state index in [1.165, 1.54) is 11.3 Å². The number of carboxylic acids is 1. The van der Waals surface area contributed by atoms with Crippen LogP contribution in [0.15, 0.2) is 12.1 Å². The molecule has 0 unspecified atom stereocenters. The zero-order valence-electron chi connectivity index (χ0n) is 9.89. The van der Waals surface area contributed by atoms with Crippen LogP contribution in [0, 0.1) is 0 Å². The molecule has 17 heavy (non-hydrogen) atoms. The van der Waals surface area contributed by atoms with Gasteiger partial charge in [-0.15, -0.1) is 11.3 Å². The van der Waals surface area contributed by atoms with Crippen molar-refractivity contribution in [2.75, 3.05) is 20.3 Å². The number of aromatic carboxylic acids is 1. The van der Waals surface area contributed by atoms with Crippen LogP contribution in [-0.2, 0) is 11.3 Å². The molecule has 0 saturated carbocycles. The zero-order chi connectivity index (χ0) is 12.3. The largest absolute Gasteiger partial charge is 0.477 e. The molecule has 0 amide bonds. The highest BCUT2D eigenvalue weighted by Gasteiger charge is 2.19. The van der Waals surface area contributed by atoms with Crippen molar-refractivity contribution in [3.8, 4) is 0 Å². The van der Waals surface area contributed by atoms with Gasteiger partial charge in [-0.2, -0.15) is 0 Å². The summed E-state index contributed by atoms with van der Waals surface area (Å²) in [6.45, 7) is 2.49. The predicted octanol–water partition coefficient (Wildman–Crippen LogP) is 2.06. The number of nitrogens with zero attached hydrogens (tertiary/aromatic N) is 1. The summed E-state index contributed by atoms with van der Waals surface area (Å²) in [6, 6.07) is 4.14. The molecule has 2 rings (SSSR count). The van der Waals surface area contributed by atoms with Crippen LogP contribution in [0.2, 0.25) is 0 Å². The maximum atomic E-state index is 10.8. The topological polar surface area (TPSA) is 49.8 Å². The first kappa shape index (κ1) is 12.5. The third-order valence-electron chi connectivity index (χ3n) is 3.09. The summed E-state index contributed by atoms with van der Waals surface area (Å²) in [7, 11) is 2.09. The van der Waals surface area contributed by atoms with Crippen molar-refractivity contribution in [1.29, 1.82) is 0 Å². The smallest absolute Gasteiger partial charge is 0.345 e. The van der Waals surface area contributed by atoms with Crippen molar-refractivity contribution in [3.63, 3.8) is 0 Å². The van der Waals surface area contributed by atoms with Crippen LogP contribution >= 0.6 is 11.3 Å². The molecule has 1 aromatic heterocycles. The molecule has 0 bridgehead atoms. The van der Waals surface area contributed by atoms with Gasteiger partial charge in [0.1, 0.15) is 4.88 Å². The monoisotopic (exact) mass is 255 g/mol. The van der Waals surface area contributed by atoms with E-state index >= 15 is 0 Å². The SMILES string of the molecule is CN(Cc1ccc(C(=O)O)s1)C1CCOCC1. The van der Waals surface area contributed by atoms with Crippen LogP contribution < -0.4 is 0 Å². The van der Waals surface area contributed by atoms with Crippen LogP contribution in [-0.4, -0.2) is 42.3 Å². The van der Waals surface area contributed by atoms with Crippen molar-refractivity contribution >= 4 is 17.3 Å². The second kappa shape index (κ2) is 5.62. The summed E-state index contributed by atoms with van der Waals surface area (Å²) < 4.78 is 5.33.